The topological polar surface area (TPSA) is 111 Å². The van der Waals surface area contributed by atoms with Crippen molar-refractivity contribution in [3.05, 3.63) is 71.7 Å². The Morgan fingerprint density at radius 1 is 1.13 bits per heavy atom. The Labute approximate surface area is 221 Å². The molecule has 1 amide bonds. The van der Waals surface area contributed by atoms with Gasteiger partial charge in [-0.2, -0.15) is 4.99 Å². The van der Waals surface area contributed by atoms with E-state index in [-0.39, 0.29) is 17.9 Å². The number of hydrogen-bond donors (Lipinski definition) is 1. The van der Waals surface area contributed by atoms with Gasteiger partial charge in [-0.3, -0.25) is 4.79 Å². The second-order valence-corrected chi connectivity index (χ2v) is 9.48. The summed E-state index contributed by atoms with van der Waals surface area (Å²) in [6, 6.07) is 9.67. The Morgan fingerprint density at radius 3 is 2.49 bits per heavy atom. The van der Waals surface area contributed by atoms with Gasteiger partial charge in [-0.15, -0.1) is 5.10 Å². The van der Waals surface area contributed by atoms with Crippen molar-refractivity contribution in [1.29, 1.82) is 0 Å². The molecular formula is C26H26F3N5O5. The Morgan fingerprint density at radius 2 is 1.82 bits per heavy atom. The van der Waals surface area contributed by atoms with E-state index in [1.807, 2.05) is 30.3 Å². The van der Waals surface area contributed by atoms with Gasteiger partial charge in [0.25, 0.3) is 5.91 Å². The number of rotatable bonds is 4. The molecule has 0 saturated carbocycles. The van der Waals surface area contributed by atoms with Gasteiger partial charge in [0, 0.05) is 25.2 Å². The molecule has 3 heterocycles. The molecule has 2 aliphatic rings. The van der Waals surface area contributed by atoms with Crippen molar-refractivity contribution < 1.29 is 37.3 Å². The fourth-order valence-corrected chi connectivity index (χ4v) is 4.48. The van der Waals surface area contributed by atoms with Crippen LogP contribution in [0.15, 0.2) is 53.7 Å². The van der Waals surface area contributed by atoms with Gasteiger partial charge in [-0.25, -0.2) is 17.9 Å². The normalized spacial score (nSPS) is 27.2. The predicted molar refractivity (Wildman–Crippen MR) is 131 cm³/mol. The minimum absolute atomic E-state index is 0.0130. The maximum atomic E-state index is 13.9. The average Bonchev–Trinajstić information content (AvgIpc) is 3.41. The molecule has 13 heteroatoms. The standard InChI is InChI=1S/C26H26F3N5O5/c1-13(33(2)3)30-25(36)24-22(35)21(23-19(38-24)12-37-26(39-23)14-7-5-4-6-8-14)34-11-18(31-32-34)15-9-16(27)20(29)17(28)10-15/h4-11,19,21-24,26,35H,12H2,1-3H3/t19-,21-,22-,23+,24-,26?/m1/s1. The summed E-state index contributed by atoms with van der Waals surface area (Å²) in [4.78, 5) is 18.7. The van der Waals surface area contributed by atoms with Crippen LogP contribution in [0.2, 0.25) is 0 Å². The van der Waals surface area contributed by atoms with Gasteiger partial charge in [0.05, 0.1) is 12.8 Å². The molecule has 5 rings (SSSR count). The minimum Gasteiger partial charge on any atom is -0.387 e. The predicted octanol–water partition coefficient (Wildman–Crippen LogP) is 2.65. The monoisotopic (exact) mass is 545 g/mol. The van der Waals surface area contributed by atoms with Crippen LogP contribution in [0.3, 0.4) is 0 Å². The van der Waals surface area contributed by atoms with E-state index in [0.717, 1.165) is 17.7 Å². The van der Waals surface area contributed by atoms with Crippen LogP contribution in [0, 0.1) is 17.5 Å². The third kappa shape index (κ3) is 5.30. The third-order valence-electron chi connectivity index (χ3n) is 6.71. The van der Waals surface area contributed by atoms with E-state index in [0.29, 0.717) is 5.84 Å². The van der Waals surface area contributed by atoms with Crippen molar-refractivity contribution in [1.82, 2.24) is 19.9 Å². The summed E-state index contributed by atoms with van der Waals surface area (Å²) in [5.41, 5.74) is 0.675. The Kier molecular flexibility index (Phi) is 7.49. The lowest BCUT2D eigenvalue weighted by Crippen LogP contribution is -2.61. The molecule has 2 saturated heterocycles. The van der Waals surface area contributed by atoms with E-state index in [1.54, 1.807) is 25.9 Å². The van der Waals surface area contributed by atoms with Crippen molar-refractivity contribution >= 4 is 11.7 Å². The zero-order chi connectivity index (χ0) is 27.8. The highest BCUT2D eigenvalue weighted by molar-refractivity contribution is 5.95. The number of carbonyl (C=O) groups excluding carboxylic acids is 1. The first-order valence-electron chi connectivity index (χ1n) is 12.1. The SMILES string of the molecule is CC(=NC(=O)[C@@H]1O[C@@H]2COC(c3ccccc3)O[C@@H]2[C@H](n2cc(-c3cc(F)c(F)c(F)c3)nn2)[C@H]1O)N(C)C. The van der Waals surface area contributed by atoms with Gasteiger partial charge in [0.15, 0.2) is 29.8 Å². The van der Waals surface area contributed by atoms with Gasteiger partial charge < -0.3 is 24.2 Å². The fourth-order valence-electron chi connectivity index (χ4n) is 4.48. The lowest BCUT2D eigenvalue weighted by atomic mass is 9.91. The zero-order valence-electron chi connectivity index (χ0n) is 21.2. The van der Waals surface area contributed by atoms with Crippen molar-refractivity contribution in [2.75, 3.05) is 20.7 Å². The number of benzene rings is 2. The molecule has 2 aromatic carbocycles. The highest BCUT2D eigenvalue weighted by Crippen LogP contribution is 2.39. The molecule has 1 aromatic heterocycles. The summed E-state index contributed by atoms with van der Waals surface area (Å²) in [6.07, 6.45) is -4.01. The number of nitrogens with zero attached hydrogens (tertiary/aromatic N) is 5. The zero-order valence-corrected chi connectivity index (χ0v) is 21.2. The number of fused-ring (bicyclic) bond motifs is 1. The van der Waals surface area contributed by atoms with E-state index < -0.39 is 60.1 Å². The number of aromatic nitrogens is 3. The molecule has 0 bridgehead atoms. The maximum Gasteiger partial charge on any atom is 0.279 e. The molecule has 1 N–H and O–H groups in total. The molecule has 6 atom stereocenters. The summed E-state index contributed by atoms with van der Waals surface area (Å²) in [6.45, 7) is 1.67. The summed E-state index contributed by atoms with van der Waals surface area (Å²) in [5, 5.41) is 19.4. The second kappa shape index (κ2) is 10.8. The minimum atomic E-state index is -1.61. The van der Waals surface area contributed by atoms with Crippen LogP contribution in [-0.4, -0.2) is 81.9 Å². The van der Waals surface area contributed by atoms with Crippen molar-refractivity contribution in [2.45, 2.75) is 43.7 Å². The first-order chi connectivity index (χ1) is 18.6. The molecule has 0 radical (unpaired) electrons. The number of halogens is 3. The number of carbonyl (C=O) groups is 1. The second-order valence-electron chi connectivity index (χ2n) is 9.48. The van der Waals surface area contributed by atoms with Crippen LogP contribution < -0.4 is 0 Å². The van der Waals surface area contributed by atoms with E-state index in [2.05, 4.69) is 15.3 Å². The summed E-state index contributed by atoms with van der Waals surface area (Å²) < 4.78 is 60.5. The molecule has 2 fully saturated rings. The van der Waals surface area contributed by atoms with Crippen LogP contribution >= 0.6 is 0 Å². The van der Waals surface area contributed by atoms with Crippen molar-refractivity contribution in [2.24, 2.45) is 4.99 Å². The number of hydrogen-bond acceptors (Lipinski definition) is 7. The van der Waals surface area contributed by atoms with Crippen LogP contribution in [0.25, 0.3) is 11.3 Å². The van der Waals surface area contributed by atoms with Gasteiger partial charge in [0.1, 0.15) is 35.9 Å². The van der Waals surface area contributed by atoms with Gasteiger partial charge in [0.2, 0.25) is 0 Å². The molecule has 0 spiro atoms. The summed E-state index contributed by atoms with van der Waals surface area (Å²) in [5.74, 6) is -4.69. The van der Waals surface area contributed by atoms with Crippen molar-refractivity contribution in [3.8, 4) is 11.3 Å². The summed E-state index contributed by atoms with van der Waals surface area (Å²) in [7, 11) is 3.43. The first kappa shape index (κ1) is 26.9. The number of aliphatic hydroxyl groups excluding tert-OH is 1. The smallest absolute Gasteiger partial charge is 0.279 e. The molecule has 10 nitrogen and oxygen atoms in total. The molecule has 0 aliphatic carbocycles. The van der Waals surface area contributed by atoms with Crippen LogP contribution in [0.5, 0.6) is 0 Å². The number of amides is 1. The Hall–Kier alpha value is -3.65. The van der Waals surface area contributed by atoms with Gasteiger partial charge in [-0.1, -0.05) is 35.5 Å². The molecular weight excluding hydrogens is 519 g/mol. The lowest BCUT2D eigenvalue weighted by Gasteiger charge is -2.47. The van der Waals surface area contributed by atoms with E-state index in [9.17, 15) is 23.1 Å². The van der Waals surface area contributed by atoms with Gasteiger partial charge in [-0.05, 0) is 19.1 Å². The van der Waals surface area contributed by atoms with Crippen LogP contribution in [-0.2, 0) is 19.0 Å². The highest BCUT2D eigenvalue weighted by Gasteiger charge is 2.53. The Bertz CT molecular complexity index is 1360. The third-order valence-corrected chi connectivity index (χ3v) is 6.71. The Balaban J connectivity index is 1.51. The van der Waals surface area contributed by atoms with Gasteiger partial charge >= 0.3 is 0 Å². The lowest BCUT2D eigenvalue weighted by molar-refractivity contribution is -0.312. The number of aliphatic hydroxyl groups is 1. The van der Waals surface area contributed by atoms with E-state index in [4.69, 9.17) is 14.2 Å². The molecule has 2 aliphatic heterocycles. The largest absolute Gasteiger partial charge is 0.387 e. The van der Waals surface area contributed by atoms with Crippen LogP contribution in [0.4, 0.5) is 13.2 Å². The highest BCUT2D eigenvalue weighted by atomic mass is 19.2. The average molecular weight is 546 g/mol. The van der Waals surface area contributed by atoms with Crippen LogP contribution in [0.1, 0.15) is 24.8 Å². The number of aliphatic imine (C=N–C) groups is 1. The van der Waals surface area contributed by atoms with E-state index >= 15 is 0 Å². The van der Waals surface area contributed by atoms with Crippen molar-refractivity contribution in [3.63, 3.8) is 0 Å². The maximum absolute atomic E-state index is 13.9. The summed E-state index contributed by atoms with van der Waals surface area (Å²) >= 11 is 0. The molecule has 1 unspecified atom stereocenters. The quantitative estimate of drug-likeness (QED) is 0.303. The molecule has 39 heavy (non-hydrogen) atoms. The first-order valence-corrected chi connectivity index (χ1v) is 12.1. The molecule has 3 aromatic rings. The number of amidine groups is 1. The molecule has 206 valence electrons. The van der Waals surface area contributed by atoms with E-state index in [1.165, 1.54) is 10.9 Å². The number of ether oxygens (including phenoxy) is 3. The fraction of sp³-hybridized carbons (Fsp3) is 0.385.